The van der Waals surface area contributed by atoms with E-state index in [9.17, 15) is 18.8 Å². The van der Waals surface area contributed by atoms with E-state index < -0.39 is 23.3 Å². The molecule has 1 aromatic carbocycles. The van der Waals surface area contributed by atoms with Gasteiger partial charge in [-0.25, -0.2) is 14.2 Å². The Morgan fingerprint density at radius 3 is 2.52 bits per heavy atom. The monoisotopic (exact) mass is 417 g/mol. The van der Waals surface area contributed by atoms with Gasteiger partial charge in [0.25, 0.3) is 5.91 Å². The zero-order valence-corrected chi connectivity index (χ0v) is 16.6. The lowest BCUT2D eigenvalue weighted by Gasteiger charge is -2.35. The van der Waals surface area contributed by atoms with Crippen molar-refractivity contribution >= 4 is 34.3 Å². The van der Waals surface area contributed by atoms with Crippen LogP contribution in [0.25, 0.3) is 0 Å². The number of nitrogens with zero attached hydrogens (tertiary/aromatic N) is 4. The molecule has 0 aliphatic carbocycles. The summed E-state index contributed by atoms with van der Waals surface area (Å²) in [5.74, 6) is -1.24. The van der Waals surface area contributed by atoms with Gasteiger partial charge >= 0.3 is 6.03 Å². The standard InChI is InChI=1S/C19H20FN5O3S/c1-19(13-2-4-14(20)5-3-13)16(27)25(17(28)22-19)12-15(26)23-7-9-24(10-8-23)18-21-6-11-29-18/h2-6,11H,7-10,12H2,1H3,(H,22,28). The number of nitrogens with one attached hydrogen (secondary N) is 1. The number of anilines is 1. The van der Waals surface area contributed by atoms with Gasteiger partial charge in [0.1, 0.15) is 17.9 Å². The van der Waals surface area contributed by atoms with Crippen LogP contribution < -0.4 is 10.2 Å². The lowest BCUT2D eigenvalue weighted by molar-refractivity contribution is -0.139. The second kappa shape index (κ2) is 7.43. The molecular weight excluding hydrogens is 397 g/mol. The predicted molar refractivity (Wildman–Crippen MR) is 105 cm³/mol. The first kappa shape index (κ1) is 19.3. The molecule has 4 amide bonds. The van der Waals surface area contributed by atoms with E-state index in [0.717, 1.165) is 10.0 Å². The molecule has 152 valence electrons. The number of carbonyl (C=O) groups excluding carboxylic acids is 3. The van der Waals surface area contributed by atoms with E-state index in [1.54, 1.807) is 29.4 Å². The van der Waals surface area contributed by atoms with Crippen molar-refractivity contribution in [2.75, 3.05) is 37.6 Å². The van der Waals surface area contributed by atoms with E-state index in [1.165, 1.54) is 24.3 Å². The molecule has 2 aliphatic heterocycles. The minimum absolute atomic E-state index is 0.282. The maximum absolute atomic E-state index is 13.2. The third kappa shape index (κ3) is 3.55. The number of urea groups is 1. The Kier molecular flexibility index (Phi) is 4.95. The highest BCUT2D eigenvalue weighted by atomic mass is 32.1. The molecule has 1 atom stereocenters. The predicted octanol–water partition coefficient (Wildman–Crippen LogP) is 1.40. The van der Waals surface area contributed by atoms with Crippen LogP contribution in [-0.2, 0) is 15.1 Å². The molecule has 0 radical (unpaired) electrons. The van der Waals surface area contributed by atoms with Crippen molar-refractivity contribution in [3.8, 4) is 0 Å². The number of rotatable bonds is 4. The second-order valence-corrected chi connectivity index (χ2v) is 8.01. The van der Waals surface area contributed by atoms with Crippen molar-refractivity contribution in [1.29, 1.82) is 0 Å². The van der Waals surface area contributed by atoms with E-state index in [4.69, 9.17) is 0 Å². The molecule has 1 N–H and O–H groups in total. The molecule has 4 rings (SSSR count). The van der Waals surface area contributed by atoms with Gasteiger partial charge < -0.3 is 15.1 Å². The largest absolute Gasteiger partial charge is 0.345 e. The molecule has 2 aliphatic rings. The van der Waals surface area contributed by atoms with E-state index in [1.807, 2.05) is 5.38 Å². The van der Waals surface area contributed by atoms with Crippen LogP contribution in [0.3, 0.4) is 0 Å². The summed E-state index contributed by atoms with van der Waals surface area (Å²) < 4.78 is 13.2. The van der Waals surface area contributed by atoms with Crippen molar-refractivity contribution in [1.82, 2.24) is 20.1 Å². The van der Waals surface area contributed by atoms with E-state index in [0.29, 0.717) is 31.7 Å². The van der Waals surface area contributed by atoms with Crippen molar-refractivity contribution < 1.29 is 18.8 Å². The molecule has 1 aromatic heterocycles. The smallest absolute Gasteiger partial charge is 0.325 e. The molecule has 2 fully saturated rings. The molecule has 0 bridgehead atoms. The first-order valence-corrected chi connectivity index (χ1v) is 10.1. The lowest BCUT2D eigenvalue weighted by atomic mass is 9.92. The highest BCUT2D eigenvalue weighted by Crippen LogP contribution is 2.29. The number of hydrogen-bond donors (Lipinski definition) is 1. The minimum atomic E-state index is -1.32. The van der Waals surface area contributed by atoms with E-state index in [-0.39, 0.29) is 12.5 Å². The number of carbonyl (C=O) groups is 3. The molecule has 3 heterocycles. The Morgan fingerprint density at radius 2 is 1.90 bits per heavy atom. The van der Waals surface area contributed by atoms with Gasteiger partial charge in [-0.1, -0.05) is 12.1 Å². The SMILES string of the molecule is CC1(c2ccc(F)cc2)NC(=O)N(CC(=O)N2CCN(c3nccs3)CC2)C1=O. The molecule has 0 saturated carbocycles. The summed E-state index contributed by atoms with van der Waals surface area (Å²) in [5.41, 5.74) is -0.863. The first-order chi connectivity index (χ1) is 13.9. The van der Waals surface area contributed by atoms with Crippen LogP contribution in [0.2, 0.25) is 0 Å². The maximum Gasteiger partial charge on any atom is 0.325 e. The average Bonchev–Trinajstić information content (AvgIpc) is 3.32. The number of imide groups is 1. The molecule has 2 saturated heterocycles. The summed E-state index contributed by atoms with van der Waals surface area (Å²) in [6.07, 6.45) is 1.74. The van der Waals surface area contributed by atoms with Crippen LogP contribution in [0.5, 0.6) is 0 Å². The fraction of sp³-hybridized carbons (Fsp3) is 0.368. The molecule has 0 spiro atoms. The number of aromatic nitrogens is 1. The summed E-state index contributed by atoms with van der Waals surface area (Å²) >= 11 is 1.55. The lowest BCUT2D eigenvalue weighted by Crippen LogP contribution is -2.52. The molecule has 29 heavy (non-hydrogen) atoms. The molecule has 8 nitrogen and oxygen atoms in total. The van der Waals surface area contributed by atoms with Crippen molar-refractivity contribution in [3.05, 3.63) is 47.2 Å². The Morgan fingerprint density at radius 1 is 1.21 bits per heavy atom. The van der Waals surface area contributed by atoms with Crippen LogP contribution in [0.1, 0.15) is 12.5 Å². The van der Waals surface area contributed by atoms with Crippen LogP contribution in [0, 0.1) is 5.82 Å². The first-order valence-electron chi connectivity index (χ1n) is 9.21. The summed E-state index contributed by atoms with van der Waals surface area (Å²) in [6, 6.07) is 4.75. The Bertz CT molecular complexity index is 928. The van der Waals surface area contributed by atoms with Crippen molar-refractivity contribution in [3.63, 3.8) is 0 Å². The van der Waals surface area contributed by atoms with Gasteiger partial charge in [-0.15, -0.1) is 11.3 Å². The van der Waals surface area contributed by atoms with Crippen molar-refractivity contribution in [2.45, 2.75) is 12.5 Å². The number of amides is 4. The number of thiazole rings is 1. The summed E-state index contributed by atoms with van der Waals surface area (Å²) in [6.45, 7) is 3.52. The van der Waals surface area contributed by atoms with E-state index >= 15 is 0 Å². The van der Waals surface area contributed by atoms with Gasteiger partial charge in [-0.2, -0.15) is 0 Å². The fourth-order valence-electron chi connectivity index (χ4n) is 3.57. The van der Waals surface area contributed by atoms with Crippen molar-refractivity contribution in [2.24, 2.45) is 0 Å². The zero-order valence-electron chi connectivity index (χ0n) is 15.8. The second-order valence-electron chi connectivity index (χ2n) is 7.14. The highest BCUT2D eigenvalue weighted by Gasteiger charge is 2.49. The molecular formula is C19H20FN5O3S. The Labute approximate surface area is 170 Å². The third-order valence-electron chi connectivity index (χ3n) is 5.31. The Hall–Kier alpha value is -3.01. The maximum atomic E-state index is 13.2. The molecule has 2 aromatic rings. The van der Waals surface area contributed by atoms with Crippen LogP contribution in [0.15, 0.2) is 35.8 Å². The highest BCUT2D eigenvalue weighted by molar-refractivity contribution is 7.13. The van der Waals surface area contributed by atoms with Gasteiger partial charge in [0.2, 0.25) is 5.91 Å². The van der Waals surface area contributed by atoms with Gasteiger partial charge in [-0.05, 0) is 24.6 Å². The number of piperazine rings is 1. The topological polar surface area (TPSA) is 85.8 Å². The van der Waals surface area contributed by atoms with Crippen LogP contribution in [0.4, 0.5) is 14.3 Å². The van der Waals surface area contributed by atoms with E-state index in [2.05, 4.69) is 15.2 Å². The van der Waals surface area contributed by atoms with Crippen LogP contribution in [-0.4, -0.2) is 65.4 Å². The molecule has 1 unspecified atom stereocenters. The number of hydrogen-bond acceptors (Lipinski definition) is 6. The number of halogens is 1. The normalized spacial score (nSPS) is 22.2. The summed E-state index contributed by atoms with van der Waals surface area (Å²) in [7, 11) is 0. The van der Waals surface area contributed by atoms with Gasteiger partial charge in [0.15, 0.2) is 5.13 Å². The van der Waals surface area contributed by atoms with Gasteiger partial charge in [-0.3, -0.25) is 14.5 Å². The van der Waals surface area contributed by atoms with Crippen LogP contribution >= 0.6 is 11.3 Å². The summed E-state index contributed by atoms with van der Waals surface area (Å²) in [5, 5.41) is 5.45. The third-order valence-corrected chi connectivity index (χ3v) is 6.14. The Balaban J connectivity index is 1.40. The fourth-order valence-corrected chi connectivity index (χ4v) is 4.27. The van der Waals surface area contributed by atoms with Gasteiger partial charge in [0, 0.05) is 37.8 Å². The van der Waals surface area contributed by atoms with Gasteiger partial charge in [0.05, 0.1) is 0 Å². The average molecular weight is 417 g/mol. The molecule has 10 heteroatoms. The number of benzene rings is 1. The summed E-state index contributed by atoms with van der Waals surface area (Å²) in [4.78, 5) is 47.0. The zero-order chi connectivity index (χ0) is 20.6. The quantitative estimate of drug-likeness (QED) is 0.760. The minimum Gasteiger partial charge on any atom is -0.345 e.